The Kier molecular flexibility index (Phi) is 5.08. The zero-order valence-electron chi connectivity index (χ0n) is 15.9. The van der Waals surface area contributed by atoms with E-state index in [0.717, 1.165) is 36.2 Å². The molecule has 4 rings (SSSR count). The predicted molar refractivity (Wildman–Crippen MR) is 110 cm³/mol. The molecule has 3 aromatic rings. The Bertz CT molecular complexity index is 1110. The van der Waals surface area contributed by atoms with Gasteiger partial charge in [-0.2, -0.15) is 5.26 Å². The zero-order valence-corrected chi connectivity index (χ0v) is 17.6. The fraction of sp³-hybridized carbons (Fsp3) is 0.421. The highest BCUT2D eigenvalue weighted by Gasteiger charge is 2.24. The third-order valence-electron chi connectivity index (χ3n) is 4.87. The van der Waals surface area contributed by atoms with E-state index < -0.39 is 0 Å². The van der Waals surface area contributed by atoms with Crippen molar-refractivity contribution < 1.29 is 4.79 Å². The van der Waals surface area contributed by atoms with Gasteiger partial charge in [0, 0.05) is 16.3 Å². The molecule has 1 N–H and O–H groups in total. The van der Waals surface area contributed by atoms with Crippen LogP contribution in [0.25, 0.3) is 5.78 Å². The highest BCUT2D eigenvalue weighted by atomic mass is 32.2. The first kappa shape index (κ1) is 18.9. The van der Waals surface area contributed by atoms with Crippen molar-refractivity contribution in [3.8, 4) is 6.07 Å². The number of aryl methyl sites for hydroxylation is 2. The molecule has 0 spiro atoms. The molecule has 0 bridgehead atoms. The summed E-state index contributed by atoms with van der Waals surface area (Å²) < 4.78 is 1.84. The average Bonchev–Trinajstić information content (AvgIpc) is 3.19. The van der Waals surface area contributed by atoms with E-state index in [1.807, 2.05) is 24.3 Å². The summed E-state index contributed by atoms with van der Waals surface area (Å²) in [6, 6.07) is 4.24. The Morgan fingerprint density at radius 2 is 2.29 bits per heavy atom. The van der Waals surface area contributed by atoms with Crippen LogP contribution in [0.1, 0.15) is 40.7 Å². The zero-order chi connectivity index (χ0) is 19.8. The predicted octanol–water partition coefficient (Wildman–Crippen LogP) is 3.53. The van der Waals surface area contributed by atoms with Crippen LogP contribution in [0.2, 0.25) is 0 Å². The van der Waals surface area contributed by atoms with E-state index in [0.29, 0.717) is 27.4 Å². The number of thioether (sulfide) groups is 1. The van der Waals surface area contributed by atoms with Crippen LogP contribution < -0.4 is 5.32 Å². The number of nitrogens with zero attached hydrogens (tertiary/aromatic N) is 5. The van der Waals surface area contributed by atoms with Gasteiger partial charge in [-0.05, 0) is 50.7 Å². The maximum Gasteiger partial charge on any atom is 0.256 e. The lowest BCUT2D eigenvalue weighted by Crippen LogP contribution is -2.14. The number of carbonyl (C=O) groups is 1. The van der Waals surface area contributed by atoms with Gasteiger partial charge in [-0.15, -0.1) is 21.5 Å². The molecule has 0 saturated carbocycles. The molecule has 3 aromatic heterocycles. The second kappa shape index (κ2) is 7.53. The van der Waals surface area contributed by atoms with E-state index in [2.05, 4.69) is 33.5 Å². The van der Waals surface area contributed by atoms with Gasteiger partial charge in [-0.1, -0.05) is 18.7 Å². The standard InChI is InChI=1S/C19H20N6OS2/c1-10-4-5-13-14(8-20)17(28-15(13)6-10)22-16(26)9-27-19-24-23-18-21-11(2)7-12(3)25(18)19/h7,10H,4-6,9H2,1-3H3,(H,22,26). The van der Waals surface area contributed by atoms with Crippen molar-refractivity contribution in [2.45, 2.75) is 45.2 Å². The van der Waals surface area contributed by atoms with Crippen LogP contribution in [-0.4, -0.2) is 31.2 Å². The van der Waals surface area contributed by atoms with Gasteiger partial charge in [0.15, 0.2) is 5.16 Å². The number of nitriles is 1. The summed E-state index contributed by atoms with van der Waals surface area (Å²) in [5.41, 5.74) is 3.61. The highest BCUT2D eigenvalue weighted by Crippen LogP contribution is 2.39. The molecule has 0 saturated heterocycles. The van der Waals surface area contributed by atoms with Crippen LogP contribution in [0.15, 0.2) is 11.2 Å². The molecule has 1 unspecified atom stereocenters. The molecule has 0 aromatic carbocycles. The largest absolute Gasteiger partial charge is 0.316 e. The van der Waals surface area contributed by atoms with Gasteiger partial charge in [-0.3, -0.25) is 9.20 Å². The lowest BCUT2D eigenvalue weighted by molar-refractivity contribution is -0.113. The van der Waals surface area contributed by atoms with Crippen molar-refractivity contribution >= 4 is 39.8 Å². The first-order valence-corrected chi connectivity index (χ1v) is 10.9. The second-order valence-corrected chi connectivity index (χ2v) is 9.21. The summed E-state index contributed by atoms with van der Waals surface area (Å²) >= 11 is 2.85. The Morgan fingerprint density at radius 1 is 1.46 bits per heavy atom. The Hall–Kier alpha value is -2.44. The molecule has 1 aliphatic rings. The van der Waals surface area contributed by atoms with E-state index in [4.69, 9.17) is 0 Å². The molecule has 0 aliphatic heterocycles. The Morgan fingerprint density at radius 3 is 3.07 bits per heavy atom. The minimum Gasteiger partial charge on any atom is -0.316 e. The molecule has 144 valence electrons. The molecule has 1 aliphatic carbocycles. The van der Waals surface area contributed by atoms with Crippen LogP contribution >= 0.6 is 23.1 Å². The van der Waals surface area contributed by atoms with E-state index in [-0.39, 0.29) is 11.7 Å². The summed E-state index contributed by atoms with van der Waals surface area (Å²) in [4.78, 5) is 18.1. The van der Waals surface area contributed by atoms with Gasteiger partial charge in [0.1, 0.15) is 11.1 Å². The number of fused-ring (bicyclic) bond motifs is 2. The third kappa shape index (κ3) is 3.50. The molecule has 0 fully saturated rings. The fourth-order valence-electron chi connectivity index (χ4n) is 3.54. The smallest absolute Gasteiger partial charge is 0.256 e. The van der Waals surface area contributed by atoms with Crippen molar-refractivity contribution in [2.24, 2.45) is 5.92 Å². The van der Waals surface area contributed by atoms with E-state index in [1.54, 1.807) is 11.3 Å². The van der Waals surface area contributed by atoms with Crippen LogP contribution in [0.4, 0.5) is 5.00 Å². The summed E-state index contributed by atoms with van der Waals surface area (Å²) in [5, 5.41) is 22.0. The van der Waals surface area contributed by atoms with Gasteiger partial charge in [0.2, 0.25) is 5.91 Å². The number of amides is 1. The third-order valence-corrected chi connectivity index (χ3v) is 6.97. The number of hydrogen-bond acceptors (Lipinski definition) is 7. The van der Waals surface area contributed by atoms with Gasteiger partial charge in [0.05, 0.1) is 11.3 Å². The Labute approximate surface area is 171 Å². The average molecular weight is 413 g/mol. The van der Waals surface area contributed by atoms with Gasteiger partial charge < -0.3 is 5.32 Å². The van der Waals surface area contributed by atoms with E-state index >= 15 is 0 Å². The van der Waals surface area contributed by atoms with E-state index in [9.17, 15) is 10.1 Å². The SMILES string of the molecule is Cc1cc(C)n2c(SCC(=O)Nc3sc4c(c3C#N)CCC(C)C4)nnc2n1. The van der Waals surface area contributed by atoms with Crippen LogP contribution in [0, 0.1) is 31.1 Å². The summed E-state index contributed by atoms with van der Waals surface area (Å²) in [6.45, 7) is 6.10. The minimum absolute atomic E-state index is 0.150. The monoisotopic (exact) mass is 412 g/mol. The van der Waals surface area contributed by atoms with Crippen molar-refractivity contribution in [1.29, 1.82) is 5.26 Å². The van der Waals surface area contributed by atoms with Crippen LogP contribution in [-0.2, 0) is 17.6 Å². The lowest BCUT2D eigenvalue weighted by Gasteiger charge is -2.17. The first-order chi connectivity index (χ1) is 13.5. The van der Waals surface area contributed by atoms with Crippen molar-refractivity contribution in [2.75, 3.05) is 11.1 Å². The molecule has 1 atom stereocenters. The summed E-state index contributed by atoms with van der Waals surface area (Å²) in [5.74, 6) is 1.20. The molecule has 28 heavy (non-hydrogen) atoms. The Balaban J connectivity index is 1.48. The molecule has 3 heterocycles. The maximum absolute atomic E-state index is 12.5. The number of hydrogen-bond donors (Lipinski definition) is 1. The molecule has 9 heteroatoms. The number of aromatic nitrogens is 4. The molecular weight excluding hydrogens is 392 g/mol. The van der Waals surface area contributed by atoms with Crippen LogP contribution in [0.3, 0.4) is 0 Å². The number of nitrogens with one attached hydrogen (secondary N) is 1. The first-order valence-electron chi connectivity index (χ1n) is 9.13. The topological polar surface area (TPSA) is 96.0 Å². The highest BCUT2D eigenvalue weighted by molar-refractivity contribution is 7.99. The molecule has 0 radical (unpaired) electrons. The summed E-state index contributed by atoms with van der Waals surface area (Å²) in [6.07, 6.45) is 2.99. The number of anilines is 1. The molecule has 1 amide bonds. The van der Waals surface area contributed by atoms with Gasteiger partial charge in [-0.25, -0.2) is 4.98 Å². The van der Waals surface area contributed by atoms with Gasteiger partial charge in [0.25, 0.3) is 5.78 Å². The van der Waals surface area contributed by atoms with Crippen molar-refractivity contribution in [3.63, 3.8) is 0 Å². The minimum atomic E-state index is -0.150. The van der Waals surface area contributed by atoms with Crippen molar-refractivity contribution in [3.05, 3.63) is 33.5 Å². The second-order valence-electron chi connectivity index (χ2n) is 7.16. The number of carbonyl (C=O) groups excluding carboxylic acids is 1. The van der Waals surface area contributed by atoms with Crippen LogP contribution in [0.5, 0.6) is 0 Å². The number of thiophene rings is 1. The normalized spacial score (nSPS) is 16.0. The van der Waals surface area contributed by atoms with E-state index in [1.165, 1.54) is 16.6 Å². The van der Waals surface area contributed by atoms with Gasteiger partial charge >= 0.3 is 0 Å². The fourth-order valence-corrected chi connectivity index (χ4v) is 5.71. The van der Waals surface area contributed by atoms with Crippen molar-refractivity contribution in [1.82, 2.24) is 19.6 Å². The summed E-state index contributed by atoms with van der Waals surface area (Å²) in [7, 11) is 0. The quantitative estimate of drug-likeness (QED) is 0.659. The lowest BCUT2D eigenvalue weighted by atomic mass is 9.89. The number of rotatable bonds is 4. The molecular formula is C19H20N6OS2. The maximum atomic E-state index is 12.5. The molecule has 7 nitrogen and oxygen atoms in total.